The second-order valence-electron chi connectivity index (χ2n) is 8.28. The van der Waals surface area contributed by atoms with Crippen molar-refractivity contribution in [3.05, 3.63) is 113 Å². The van der Waals surface area contributed by atoms with Gasteiger partial charge in [-0.1, -0.05) is 85.3 Å². The summed E-state index contributed by atoms with van der Waals surface area (Å²) in [5.74, 6) is 1.60. The Morgan fingerprint density at radius 3 is 2.48 bits per heavy atom. The number of carbonyl (C=O) groups excluding carboxylic acids is 1. The summed E-state index contributed by atoms with van der Waals surface area (Å²) in [6.45, 7) is 2.79. The highest BCUT2D eigenvalue weighted by molar-refractivity contribution is 5.81. The van der Waals surface area contributed by atoms with Crippen molar-refractivity contribution in [3.8, 4) is 5.75 Å². The summed E-state index contributed by atoms with van der Waals surface area (Å²) in [6, 6.07) is 18.0. The molecule has 0 fully saturated rings. The van der Waals surface area contributed by atoms with Gasteiger partial charge in [0.2, 0.25) is 0 Å². The summed E-state index contributed by atoms with van der Waals surface area (Å²) in [7, 11) is 0. The van der Waals surface area contributed by atoms with Gasteiger partial charge in [0.25, 0.3) is 0 Å². The Labute approximate surface area is 185 Å². The van der Waals surface area contributed by atoms with Gasteiger partial charge < -0.3 is 4.74 Å². The second kappa shape index (κ2) is 10.3. The van der Waals surface area contributed by atoms with E-state index >= 15 is 0 Å². The van der Waals surface area contributed by atoms with Gasteiger partial charge in [-0.25, -0.2) is 0 Å². The van der Waals surface area contributed by atoms with Crippen molar-refractivity contribution >= 4 is 5.78 Å². The number of allylic oxidation sites excluding steroid dienone is 8. The smallest absolute Gasteiger partial charge is 0.137 e. The maximum absolute atomic E-state index is 12.6. The van der Waals surface area contributed by atoms with Crippen LogP contribution in [0.3, 0.4) is 0 Å². The van der Waals surface area contributed by atoms with Crippen molar-refractivity contribution in [2.45, 2.75) is 45.6 Å². The molecule has 1 unspecified atom stereocenters. The summed E-state index contributed by atoms with van der Waals surface area (Å²) in [5, 5.41) is 0. The van der Waals surface area contributed by atoms with Crippen molar-refractivity contribution in [1.82, 2.24) is 0 Å². The van der Waals surface area contributed by atoms with Crippen LogP contribution < -0.4 is 4.74 Å². The van der Waals surface area contributed by atoms with Crippen molar-refractivity contribution in [3.63, 3.8) is 0 Å². The fraction of sp³-hybridized carbons (Fsp3) is 0.276. The molecular weight excluding hydrogens is 380 g/mol. The van der Waals surface area contributed by atoms with E-state index in [1.165, 1.54) is 16.7 Å². The third-order valence-electron chi connectivity index (χ3n) is 6.12. The molecule has 0 saturated heterocycles. The summed E-state index contributed by atoms with van der Waals surface area (Å²) in [6.07, 6.45) is 15.2. The summed E-state index contributed by atoms with van der Waals surface area (Å²) < 4.78 is 5.84. The SMILES string of the molecule is CCC1C(CCC(=O)Cc2ccc(OCc3ccccc3)cc2)=CC=C1C1=CC=CC1. The van der Waals surface area contributed by atoms with Gasteiger partial charge in [0.15, 0.2) is 0 Å². The number of hydrogen-bond donors (Lipinski definition) is 0. The topological polar surface area (TPSA) is 26.3 Å². The van der Waals surface area contributed by atoms with Gasteiger partial charge >= 0.3 is 0 Å². The first-order valence-corrected chi connectivity index (χ1v) is 11.3. The molecule has 0 bridgehead atoms. The van der Waals surface area contributed by atoms with Crippen LogP contribution in [-0.2, 0) is 17.8 Å². The predicted molar refractivity (Wildman–Crippen MR) is 127 cm³/mol. The van der Waals surface area contributed by atoms with E-state index in [1.54, 1.807) is 0 Å². The average molecular weight is 411 g/mol. The molecule has 2 aliphatic carbocycles. The molecule has 158 valence electrons. The lowest BCUT2D eigenvalue weighted by Gasteiger charge is -2.19. The highest BCUT2D eigenvalue weighted by Gasteiger charge is 2.24. The molecule has 0 aliphatic heterocycles. The van der Waals surface area contributed by atoms with Gasteiger partial charge in [-0.05, 0) is 53.7 Å². The van der Waals surface area contributed by atoms with Crippen LogP contribution in [0.2, 0.25) is 0 Å². The monoisotopic (exact) mass is 410 g/mol. The third-order valence-corrected chi connectivity index (χ3v) is 6.12. The van der Waals surface area contributed by atoms with Crippen LogP contribution >= 0.6 is 0 Å². The van der Waals surface area contributed by atoms with Crippen LogP contribution in [0.4, 0.5) is 0 Å². The molecule has 0 N–H and O–H groups in total. The van der Waals surface area contributed by atoms with Crippen LogP contribution in [0.1, 0.15) is 43.7 Å². The Kier molecular flexibility index (Phi) is 6.99. The molecular formula is C29H30O2. The predicted octanol–water partition coefficient (Wildman–Crippen LogP) is 6.94. The minimum atomic E-state index is 0.295. The maximum Gasteiger partial charge on any atom is 0.137 e. The zero-order valence-electron chi connectivity index (χ0n) is 18.2. The van der Waals surface area contributed by atoms with Gasteiger partial charge in [0.1, 0.15) is 18.1 Å². The molecule has 1 atom stereocenters. The molecule has 2 aliphatic rings. The fourth-order valence-electron chi connectivity index (χ4n) is 4.40. The molecule has 0 saturated carbocycles. The zero-order valence-corrected chi connectivity index (χ0v) is 18.2. The normalized spacial score (nSPS) is 17.3. The standard InChI is InChI=1S/C29H30O2/c1-2-28-25(15-19-29(28)24-10-6-7-11-24)14-16-26(30)20-22-12-17-27(18-13-22)31-21-23-8-4-3-5-9-23/h3-10,12-13,15,17-19,28H,2,11,14,16,20-21H2,1H3. The first-order chi connectivity index (χ1) is 15.2. The van der Waals surface area contributed by atoms with E-state index in [2.05, 4.69) is 49.4 Å². The summed E-state index contributed by atoms with van der Waals surface area (Å²) in [5.41, 5.74) is 6.47. The van der Waals surface area contributed by atoms with Crippen molar-refractivity contribution in [2.24, 2.45) is 5.92 Å². The first kappa shape index (κ1) is 21.1. The van der Waals surface area contributed by atoms with E-state index in [0.29, 0.717) is 31.1 Å². The largest absolute Gasteiger partial charge is 0.489 e. The lowest BCUT2D eigenvalue weighted by Crippen LogP contribution is -2.08. The highest BCUT2D eigenvalue weighted by Crippen LogP contribution is 2.38. The molecule has 0 radical (unpaired) electrons. The van der Waals surface area contributed by atoms with Crippen molar-refractivity contribution in [2.75, 3.05) is 0 Å². The zero-order chi connectivity index (χ0) is 21.5. The minimum Gasteiger partial charge on any atom is -0.489 e. The van der Waals surface area contributed by atoms with Crippen LogP contribution in [-0.4, -0.2) is 5.78 Å². The molecule has 0 spiro atoms. The summed E-state index contributed by atoms with van der Waals surface area (Å²) in [4.78, 5) is 12.6. The van der Waals surface area contributed by atoms with E-state index in [9.17, 15) is 4.79 Å². The average Bonchev–Trinajstić information content (AvgIpc) is 3.47. The Morgan fingerprint density at radius 2 is 1.77 bits per heavy atom. The molecule has 0 amide bonds. The van der Waals surface area contributed by atoms with Gasteiger partial charge in [0, 0.05) is 18.8 Å². The van der Waals surface area contributed by atoms with Gasteiger partial charge in [-0.3, -0.25) is 4.79 Å². The maximum atomic E-state index is 12.6. The van der Waals surface area contributed by atoms with Crippen molar-refractivity contribution < 1.29 is 9.53 Å². The molecule has 2 aromatic carbocycles. The Bertz CT molecular complexity index is 1020. The first-order valence-electron chi connectivity index (χ1n) is 11.3. The van der Waals surface area contributed by atoms with Crippen LogP contribution in [0.25, 0.3) is 0 Å². The highest BCUT2D eigenvalue weighted by atomic mass is 16.5. The number of ketones is 1. The fourth-order valence-corrected chi connectivity index (χ4v) is 4.40. The van der Waals surface area contributed by atoms with E-state index in [4.69, 9.17) is 4.74 Å². The quantitative estimate of drug-likeness (QED) is 0.424. The number of carbonyl (C=O) groups is 1. The third kappa shape index (κ3) is 5.52. The lowest BCUT2D eigenvalue weighted by atomic mass is 9.86. The minimum absolute atomic E-state index is 0.295. The van der Waals surface area contributed by atoms with Gasteiger partial charge in [-0.2, -0.15) is 0 Å². The van der Waals surface area contributed by atoms with Gasteiger partial charge in [-0.15, -0.1) is 0 Å². The number of benzene rings is 2. The lowest BCUT2D eigenvalue weighted by molar-refractivity contribution is -0.118. The number of ether oxygens (including phenoxy) is 1. The molecule has 2 aromatic rings. The Balaban J connectivity index is 1.23. The summed E-state index contributed by atoms with van der Waals surface area (Å²) >= 11 is 0. The number of hydrogen-bond acceptors (Lipinski definition) is 2. The number of rotatable bonds is 10. The Morgan fingerprint density at radius 1 is 0.968 bits per heavy atom. The molecule has 0 aromatic heterocycles. The van der Waals surface area contributed by atoms with E-state index < -0.39 is 0 Å². The Hall–Kier alpha value is -3.13. The van der Waals surface area contributed by atoms with Crippen molar-refractivity contribution in [1.29, 1.82) is 0 Å². The number of Topliss-reactive ketones (excluding diaryl/α,β-unsaturated/α-hetero) is 1. The molecule has 0 heterocycles. The van der Waals surface area contributed by atoms with E-state index in [0.717, 1.165) is 36.1 Å². The van der Waals surface area contributed by atoms with E-state index in [1.807, 2.05) is 42.5 Å². The molecule has 2 heteroatoms. The van der Waals surface area contributed by atoms with E-state index in [-0.39, 0.29) is 0 Å². The van der Waals surface area contributed by atoms with Gasteiger partial charge in [0.05, 0.1) is 0 Å². The molecule has 2 nitrogen and oxygen atoms in total. The molecule has 31 heavy (non-hydrogen) atoms. The van der Waals surface area contributed by atoms with Crippen LogP contribution in [0, 0.1) is 5.92 Å². The van der Waals surface area contributed by atoms with Crippen LogP contribution in [0.5, 0.6) is 5.75 Å². The van der Waals surface area contributed by atoms with Crippen LogP contribution in [0.15, 0.2) is 102 Å². The second-order valence-corrected chi connectivity index (χ2v) is 8.28. The molecule has 4 rings (SSSR count).